The summed E-state index contributed by atoms with van der Waals surface area (Å²) in [7, 11) is 0. The number of carboxylic acids is 2. The molecule has 0 radical (unpaired) electrons. The van der Waals surface area contributed by atoms with Gasteiger partial charge in [0.2, 0.25) is 0 Å². The molecule has 2 rings (SSSR count). The minimum atomic E-state index is -1.35. The smallest absolute Gasteiger partial charge is 0.481 e. The van der Waals surface area contributed by atoms with Crippen LogP contribution in [0.15, 0.2) is 24.3 Å². The van der Waals surface area contributed by atoms with Crippen molar-refractivity contribution in [2.75, 3.05) is 0 Å². The molecule has 2 aromatic rings. The number of amides is 1. The fourth-order valence-electron chi connectivity index (χ4n) is 3.75. The number of aliphatic carboxylic acids is 2. The third-order valence-corrected chi connectivity index (χ3v) is 5.65. The van der Waals surface area contributed by atoms with Crippen molar-refractivity contribution in [3.05, 3.63) is 70.3 Å². The molecular formula is C35H46F6N2O11. The first-order chi connectivity index (χ1) is 24.4. The van der Waals surface area contributed by atoms with Crippen LogP contribution in [0.1, 0.15) is 86.3 Å². The van der Waals surface area contributed by atoms with Gasteiger partial charge in [0.1, 0.15) is 28.4 Å². The zero-order chi connectivity index (χ0) is 42.4. The molecular weight excluding hydrogens is 738 g/mol. The van der Waals surface area contributed by atoms with Crippen molar-refractivity contribution in [2.24, 2.45) is 5.73 Å². The second kappa shape index (κ2) is 21.0. The van der Waals surface area contributed by atoms with Gasteiger partial charge in [0.15, 0.2) is 23.3 Å². The van der Waals surface area contributed by atoms with Crippen LogP contribution in [0.4, 0.5) is 40.7 Å². The summed E-state index contributed by atoms with van der Waals surface area (Å²) in [5.41, 5.74) is 2.83. The Morgan fingerprint density at radius 1 is 0.593 bits per heavy atom. The van der Waals surface area contributed by atoms with Gasteiger partial charge < -0.3 is 40.2 Å². The first-order valence-electron chi connectivity index (χ1n) is 16.0. The molecule has 2 aromatic carbocycles. The van der Waals surface area contributed by atoms with E-state index < -0.39 is 101 Å². The fourth-order valence-corrected chi connectivity index (χ4v) is 3.75. The maximum atomic E-state index is 13.6. The molecule has 1 amide bonds. The Morgan fingerprint density at radius 3 is 1.30 bits per heavy atom. The summed E-state index contributed by atoms with van der Waals surface area (Å²) in [6.07, 6.45) is -4.37. The van der Waals surface area contributed by atoms with Crippen molar-refractivity contribution >= 4 is 30.3 Å². The SMILES string of the molecule is CC(C)(C)OC(=O)N[C@@H](CC(=O)O)Cc1cc(F)c(F)cc1F.CC(C)(C)OC(=O)OC(=O)OC(C)(C)C.N[C@@H](CC(=O)O)Cc1cc(F)c(F)cc1F. The molecule has 0 fully saturated rings. The summed E-state index contributed by atoms with van der Waals surface area (Å²) in [5, 5.41) is 19.6. The topological polar surface area (TPSA) is 201 Å². The first kappa shape index (κ1) is 48.9. The van der Waals surface area contributed by atoms with Crippen LogP contribution in [0.2, 0.25) is 0 Å². The van der Waals surface area contributed by atoms with Crippen LogP contribution < -0.4 is 11.1 Å². The van der Waals surface area contributed by atoms with Crippen LogP contribution >= 0.6 is 0 Å². The van der Waals surface area contributed by atoms with E-state index in [0.717, 1.165) is 0 Å². The molecule has 304 valence electrons. The van der Waals surface area contributed by atoms with E-state index in [-0.39, 0.29) is 30.4 Å². The standard InChI is InChI=1S/C15H18F3NO4.C10H10F3NO2.C10H18O5/c1-15(2,3)23-14(22)19-9(6-13(20)21)4-8-5-11(17)12(18)7-10(8)16;11-7-4-9(13)8(12)2-5(7)1-6(14)3-10(15)16;1-9(2,3)14-7(11)13-8(12)15-10(4,5)6/h5,7,9H,4,6H2,1-3H3,(H,19,22)(H,20,21);2,4,6H,1,3,14H2,(H,15,16);1-6H3/t9-;6-;/m11./s1. The number of halogens is 6. The summed E-state index contributed by atoms with van der Waals surface area (Å²) < 4.78 is 97.0. The van der Waals surface area contributed by atoms with Gasteiger partial charge in [-0.2, -0.15) is 0 Å². The molecule has 0 spiro atoms. The van der Waals surface area contributed by atoms with E-state index in [1.54, 1.807) is 62.3 Å². The van der Waals surface area contributed by atoms with E-state index in [9.17, 15) is 50.3 Å². The average molecular weight is 785 g/mol. The molecule has 0 aliphatic rings. The summed E-state index contributed by atoms with van der Waals surface area (Å²) in [4.78, 5) is 54.9. The number of ether oxygens (including phenoxy) is 4. The molecule has 0 unspecified atom stereocenters. The largest absolute Gasteiger partial charge is 0.519 e. The number of alkyl carbamates (subject to hydrolysis) is 1. The molecule has 0 bridgehead atoms. The summed E-state index contributed by atoms with van der Waals surface area (Å²) >= 11 is 0. The molecule has 0 aliphatic carbocycles. The van der Waals surface area contributed by atoms with Crippen LogP contribution in [-0.2, 0) is 41.4 Å². The number of hydrogen-bond acceptors (Lipinski definition) is 10. The van der Waals surface area contributed by atoms with Gasteiger partial charge in [0.05, 0.1) is 12.8 Å². The number of carbonyl (C=O) groups is 5. The fraction of sp³-hybridized carbons (Fsp3) is 0.514. The van der Waals surface area contributed by atoms with Gasteiger partial charge in [-0.15, -0.1) is 0 Å². The quantitative estimate of drug-likeness (QED) is 0.0649. The lowest BCUT2D eigenvalue weighted by Crippen LogP contribution is -2.41. The third kappa shape index (κ3) is 22.8. The molecule has 0 heterocycles. The van der Waals surface area contributed by atoms with E-state index in [2.05, 4.69) is 10.1 Å². The van der Waals surface area contributed by atoms with Gasteiger partial charge in [-0.1, -0.05) is 0 Å². The Labute approximate surface area is 308 Å². The molecule has 54 heavy (non-hydrogen) atoms. The molecule has 2 atom stereocenters. The Balaban J connectivity index is 0.000000807. The van der Waals surface area contributed by atoms with Crippen LogP contribution in [0.25, 0.3) is 0 Å². The van der Waals surface area contributed by atoms with Gasteiger partial charge in [0, 0.05) is 24.2 Å². The lowest BCUT2D eigenvalue weighted by molar-refractivity contribution is -0.138. The molecule has 0 aliphatic heterocycles. The predicted molar refractivity (Wildman–Crippen MR) is 179 cm³/mol. The molecule has 0 saturated carbocycles. The minimum Gasteiger partial charge on any atom is -0.481 e. The van der Waals surface area contributed by atoms with Gasteiger partial charge >= 0.3 is 30.3 Å². The highest BCUT2D eigenvalue weighted by molar-refractivity contribution is 5.77. The van der Waals surface area contributed by atoms with Crippen LogP contribution in [0.5, 0.6) is 0 Å². The van der Waals surface area contributed by atoms with Crippen molar-refractivity contribution in [1.29, 1.82) is 0 Å². The lowest BCUT2D eigenvalue weighted by Gasteiger charge is -2.23. The number of carbonyl (C=O) groups excluding carboxylic acids is 3. The minimum absolute atomic E-state index is 0.132. The lowest BCUT2D eigenvalue weighted by atomic mass is 10.0. The van der Waals surface area contributed by atoms with Crippen molar-refractivity contribution in [3.63, 3.8) is 0 Å². The van der Waals surface area contributed by atoms with Crippen LogP contribution in [-0.4, -0.2) is 69.4 Å². The Morgan fingerprint density at radius 2 is 0.944 bits per heavy atom. The van der Waals surface area contributed by atoms with Gasteiger partial charge in [-0.3, -0.25) is 9.59 Å². The zero-order valence-electron chi connectivity index (χ0n) is 31.2. The number of rotatable bonds is 9. The van der Waals surface area contributed by atoms with Gasteiger partial charge in [-0.05, 0) is 98.4 Å². The predicted octanol–water partition coefficient (Wildman–Crippen LogP) is 7.34. The normalized spacial score (nSPS) is 12.4. The number of nitrogens with two attached hydrogens (primary N) is 1. The highest BCUT2D eigenvalue weighted by Crippen LogP contribution is 2.18. The molecule has 19 heteroatoms. The summed E-state index contributed by atoms with van der Waals surface area (Å²) in [6, 6.07) is 0.232. The molecule has 5 N–H and O–H groups in total. The number of hydrogen-bond donors (Lipinski definition) is 4. The average Bonchev–Trinajstić information content (AvgIpc) is 2.91. The first-order valence-corrected chi connectivity index (χ1v) is 16.0. The van der Waals surface area contributed by atoms with Crippen molar-refractivity contribution in [3.8, 4) is 0 Å². The van der Waals surface area contributed by atoms with E-state index in [4.69, 9.17) is 30.2 Å². The van der Waals surface area contributed by atoms with Crippen molar-refractivity contribution < 1.29 is 79.5 Å². The van der Waals surface area contributed by atoms with E-state index in [1.807, 2.05) is 0 Å². The Bertz CT molecular complexity index is 1590. The third-order valence-electron chi connectivity index (χ3n) is 5.65. The Kier molecular flexibility index (Phi) is 19.0. The monoisotopic (exact) mass is 784 g/mol. The highest BCUT2D eigenvalue weighted by Gasteiger charge is 2.25. The maximum absolute atomic E-state index is 13.6. The molecule has 13 nitrogen and oxygen atoms in total. The summed E-state index contributed by atoms with van der Waals surface area (Å²) in [6.45, 7) is 14.9. The second-order valence-electron chi connectivity index (χ2n) is 14.5. The zero-order valence-corrected chi connectivity index (χ0v) is 31.2. The van der Waals surface area contributed by atoms with E-state index in [0.29, 0.717) is 24.3 Å². The van der Waals surface area contributed by atoms with E-state index >= 15 is 0 Å². The van der Waals surface area contributed by atoms with Crippen LogP contribution in [0, 0.1) is 34.9 Å². The van der Waals surface area contributed by atoms with Gasteiger partial charge in [0.25, 0.3) is 0 Å². The number of benzene rings is 2. The van der Waals surface area contributed by atoms with Gasteiger partial charge in [-0.25, -0.2) is 40.7 Å². The van der Waals surface area contributed by atoms with E-state index in [1.165, 1.54) is 0 Å². The molecule has 0 saturated heterocycles. The van der Waals surface area contributed by atoms with Crippen molar-refractivity contribution in [1.82, 2.24) is 5.32 Å². The second-order valence-corrected chi connectivity index (χ2v) is 14.5. The molecule has 0 aromatic heterocycles. The number of carboxylic acid groups (broad SMARTS) is 2. The van der Waals surface area contributed by atoms with Crippen molar-refractivity contribution in [2.45, 2.75) is 117 Å². The van der Waals surface area contributed by atoms with Crippen LogP contribution in [0.3, 0.4) is 0 Å². The highest BCUT2D eigenvalue weighted by atomic mass is 19.2. The number of nitrogens with one attached hydrogen (secondary N) is 1. The summed E-state index contributed by atoms with van der Waals surface area (Å²) in [5.74, 6) is -9.39. The Hall–Kier alpha value is -5.07. The maximum Gasteiger partial charge on any atom is 0.519 e.